The summed E-state index contributed by atoms with van der Waals surface area (Å²) < 4.78 is 64.1. The lowest BCUT2D eigenvalue weighted by molar-refractivity contribution is -0.137. The molecule has 0 aromatic heterocycles. The maximum absolute atomic E-state index is 13.0. The summed E-state index contributed by atoms with van der Waals surface area (Å²) in [7, 11) is -3.99. The van der Waals surface area contributed by atoms with E-state index in [4.69, 9.17) is 0 Å². The van der Waals surface area contributed by atoms with Crippen molar-refractivity contribution in [3.63, 3.8) is 0 Å². The summed E-state index contributed by atoms with van der Waals surface area (Å²) in [5.41, 5.74) is 1.82. The molecule has 1 atom stereocenters. The van der Waals surface area contributed by atoms with Gasteiger partial charge in [0.05, 0.1) is 23.5 Å². The largest absolute Gasteiger partial charge is 0.416 e. The summed E-state index contributed by atoms with van der Waals surface area (Å²) in [6.45, 7) is 5.17. The zero-order chi connectivity index (χ0) is 22.7. The molecular formula is C21H25F3N2O3S. The van der Waals surface area contributed by atoms with Crippen LogP contribution in [0, 0.1) is 13.8 Å². The molecule has 2 rings (SSSR count). The van der Waals surface area contributed by atoms with E-state index in [-0.39, 0.29) is 11.7 Å². The number of amides is 1. The molecule has 5 nitrogen and oxygen atoms in total. The number of hydrogen-bond acceptors (Lipinski definition) is 3. The molecule has 0 unspecified atom stereocenters. The molecule has 2 aromatic carbocycles. The number of anilines is 1. The molecule has 9 heteroatoms. The normalized spacial score (nSPS) is 13.0. The summed E-state index contributed by atoms with van der Waals surface area (Å²) >= 11 is 0. The van der Waals surface area contributed by atoms with Crippen LogP contribution in [0.1, 0.15) is 41.6 Å². The number of carbonyl (C=O) groups is 1. The molecule has 0 saturated carbocycles. The lowest BCUT2D eigenvalue weighted by atomic mass is 9.99. The molecule has 1 N–H and O–H groups in total. The van der Waals surface area contributed by atoms with Gasteiger partial charge in [0.25, 0.3) is 0 Å². The second kappa shape index (κ2) is 9.07. The summed E-state index contributed by atoms with van der Waals surface area (Å²) in [5.74, 6) is -0.608. The van der Waals surface area contributed by atoms with Gasteiger partial charge in [-0.25, -0.2) is 8.42 Å². The average molecular weight is 443 g/mol. The van der Waals surface area contributed by atoms with Crippen LogP contribution in [0.5, 0.6) is 0 Å². The third-order valence-electron chi connectivity index (χ3n) is 4.83. The zero-order valence-corrected chi connectivity index (χ0v) is 18.1. The molecule has 0 saturated heterocycles. The molecule has 0 bridgehead atoms. The molecule has 0 aliphatic carbocycles. The third-order valence-corrected chi connectivity index (χ3v) is 5.97. The van der Waals surface area contributed by atoms with E-state index in [9.17, 15) is 26.4 Å². The number of nitrogens with zero attached hydrogens (tertiary/aromatic N) is 1. The van der Waals surface area contributed by atoms with Crippen LogP contribution in [0.4, 0.5) is 18.9 Å². The van der Waals surface area contributed by atoms with Gasteiger partial charge in [-0.05, 0) is 55.2 Å². The quantitative estimate of drug-likeness (QED) is 0.693. The first-order valence-electron chi connectivity index (χ1n) is 9.34. The van der Waals surface area contributed by atoms with E-state index < -0.39 is 34.2 Å². The monoisotopic (exact) mass is 442 g/mol. The van der Waals surface area contributed by atoms with Gasteiger partial charge in [0, 0.05) is 0 Å². The van der Waals surface area contributed by atoms with E-state index in [1.54, 1.807) is 0 Å². The molecule has 1 amide bonds. The summed E-state index contributed by atoms with van der Waals surface area (Å²) in [5, 5.41) is 2.78. The van der Waals surface area contributed by atoms with Crippen LogP contribution >= 0.6 is 0 Å². The number of rotatable bonds is 7. The summed E-state index contributed by atoms with van der Waals surface area (Å²) in [6, 6.07) is 9.32. The first-order valence-corrected chi connectivity index (χ1v) is 11.2. The van der Waals surface area contributed by atoms with E-state index >= 15 is 0 Å². The van der Waals surface area contributed by atoms with Crippen LogP contribution < -0.4 is 9.62 Å². The predicted octanol–water partition coefficient (Wildman–Crippen LogP) is 4.36. The maximum Gasteiger partial charge on any atom is 0.416 e. The highest BCUT2D eigenvalue weighted by atomic mass is 32.2. The second-order valence-electron chi connectivity index (χ2n) is 7.19. The Balaban J connectivity index is 2.26. The molecule has 30 heavy (non-hydrogen) atoms. The SMILES string of the molecule is CC[C@@H](NC(=O)CN(c1cccc(C(F)(F)F)c1)S(C)(=O)=O)c1ccc(C)c(C)c1. The molecule has 0 spiro atoms. The van der Waals surface area contributed by atoms with Crippen molar-refractivity contribution < 1.29 is 26.4 Å². The number of aryl methyl sites for hydroxylation is 2. The van der Waals surface area contributed by atoms with Crippen molar-refractivity contribution in [2.24, 2.45) is 0 Å². The van der Waals surface area contributed by atoms with Crippen molar-refractivity contribution in [3.8, 4) is 0 Å². The first-order chi connectivity index (χ1) is 13.8. The Labute approximate surface area is 175 Å². The van der Waals surface area contributed by atoms with Gasteiger partial charge in [0.2, 0.25) is 15.9 Å². The minimum Gasteiger partial charge on any atom is -0.348 e. The highest BCUT2D eigenvalue weighted by Crippen LogP contribution is 2.32. The topological polar surface area (TPSA) is 66.5 Å². The van der Waals surface area contributed by atoms with Gasteiger partial charge in [0.15, 0.2) is 0 Å². The number of nitrogens with one attached hydrogen (secondary N) is 1. The highest BCUT2D eigenvalue weighted by Gasteiger charge is 2.32. The fourth-order valence-electron chi connectivity index (χ4n) is 3.01. The molecule has 2 aromatic rings. The van der Waals surface area contributed by atoms with Crippen LogP contribution in [0.3, 0.4) is 0 Å². The molecule has 0 aliphatic heterocycles. The Kier molecular flexibility index (Phi) is 7.18. The summed E-state index contributed by atoms with van der Waals surface area (Å²) in [4.78, 5) is 12.6. The van der Waals surface area contributed by atoms with Crippen molar-refractivity contribution in [2.75, 3.05) is 17.1 Å². The van der Waals surface area contributed by atoms with Crippen molar-refractivity contribution in [1.82, 2.24) is 5.32 Å². The van der Waals surface area contributed by atoms with E-state index in [1.165, 1.54) is 6.07 Å². The number of hydrogen-bond donors (Lipinski definition) is 1. The predicted molar refractivity (Wildman–Crippen MR) is 111 cm³/mol. The van der Waals surface area contributed by atoms with Crippen LogP contribution in [-0.4, -0.2) is 27.1 Å². The Bertz CT molecular complexity index is 1020. The zero-order valence-electron chi connectivity index (χ0n) is 17.2. The van der Waals surface area contributed by atoms with Crippen molar-refractivity contribution in [1.29, 1.82) is 0 Å². The van der Waals surface area contributed by atoms with Gasteiger partial charge in [0.1, 0.15) is 6.54 Å². The molecule has 164 valence electrons. The van der Waals surface area contributed by atoms with E-state index in [0.717, 1.165) is 41.1 Å². The first kappa shape index (κ1) is 23.7. The fraction of sp³-hybridized carbons (Fsp3) is 0.381. The number of sulfonamides is 1. The molecule has 0 heterocycles. The van der Waals surface area contributed by atoms with Gasteiger partial charge in [-0.2, -0.15) is 13.2 Å². The van der Waals surface area contributed by atoms with Crippen LogP contribution in [-0.2, 0) is 21.0 Å². The number of carbonyl (C=O) groups excluding carboxylic acids is 1. The van der Waals surface area contributed by atoms with E-state index in [2.05, 4.69) is 5.32 Å². The van der Waals surface area contributed by atoms with Gasteiger partial charge in [-0.1, -0.05) is 31.2 Å². The Morgan fingerprint density at radius 3 is 2.30 bits per heavy atom. The standard InChI is InChI=1S/C21H25F3N2O3S/c1-5-19(16-10-9-14(2)15(3)11-16)25-20(27)13-26(30(4,28)29)18-8-6-7-17(12-18)21(22,23)24/h6-12,19H,5,13H2,1-4H3,(H,25,27)/t19-/m1/s1. The lowest BCUT2D eigenvalue weighted by Crippen LogP contribution is -2.41. The van der Waals surface area contributed by atoms with Crippen molar-refractivity contribution >= 4 is 21.6 Å². The van der Waals surface area contributed by atoms with E-state index in [0.29, 0.717) is 10.7 Å². The van der Waals surface area contributed by atoms with Gasteiger partial charge >= 0.3 is 6.18 Å². The Morgan fingerprint density at radius 2 is 1.77 bits per heavy atom. The summed E-state index contributed by atoms with van der Waals surface area (Å²) in [6.07, 6.45) is -3.21. The third kappa shape index (κ3) is 5.98. The van der Waals surface area contributed by atoms with Crippen molar-refractivity contribution in [3.05, 3.63) is 64.7 Å². The van der Waals surface area contributed by atoms with Gasteiger partial charge in [-0.3, -0.25) is 9.10 Å². The molecular weight excluding hydrogens is 417 g/mol. The number of alkyl halides is 3. The Hall–Kier alpha value is -2.55. The second-order valence-corrected chi connectivity index (χ2v) is 9.10. The number of halogens is 3. The molecule has 0 aliphatic rings. The van der Waals surface area contributed by atoms with Crippen molar-refractivity contribution in [2.45, 2.75) is 39.4 Å². The lowest BCUT2D eigenvalue weighted by Gasteiger charge is -2.25. The maximum atomic E-state index is 13.0. The smallest absolute Gasteiger partial charge is 0.348 e. The minimum atomic E-state index is -4.63. The van der Waals surface area contributed by atoms with Gasteiger partial charge in [-0.15, -0.1) is 0 Å². The highest BCUT2D eigenvalue weighted by molar-refractivity contribution is 7.92. The average Bonchev–Trinajstić information content (AvgIpc) is 2.65. The molecule has 0 fully saturated rings. The van der Waals surface area contributed by atoms with E-state index in [1.807, 2.05) is 39.0 Å². The minimum absolute atomic E-state index is 0.221. The fourth-order valence-corrected chi connectivity index (χ4v) is 3.86. The molecule has 0 radical (unpaired) electrons. The Morgan fingerprint density at radius 1 is 1.10 bits per heavy atom. The van der Waals surface area contributed by atoms with Crippen LogP contribution in [0.15, 0.2) is 42.5 Å². The van der Waals surface area contributed by atoms with Crippen LogP contribution in [0.25, 0.3) is 0 Å². The van der Waals surface area contributed by atoms with Crippen LogP contribution in [0.2, 0.25) is 0 Å². The number of benzene rings is 2. The van der Waals surface area contributed by atoms with Gasteiger partial charge < -0.3 is 5.32 Å².